The van der Waals surface area contributed by atoms with Gasteiger partial charge in [0.25, 0.3) is 6.01 Å². The van der Waals surface area contributed by atoms with E-state index in [1.54, 1.807) is 0 Å². The highest BCUT2D eigenvalue weighted by molar-refractivity contribution is 5.19. The first-order chi connectivity index (χ1) is 4.91. The normalized spacial score (nSPS) is 12.1. The third-order valence-electron chi connectivity index (χ3n) is 1.19. The van der Waals surface area contributed by atoms with Crippen LogP contribution in [0.4, 0.5) is 17.6 Å². The summed E-state index contributed by atoms with van der Waals surface area (Å²) in [6.07, 6.45) is -4.53. The van der Waals surface area contributed by atoms with Crippen molar-refractivity contribution in [3.8, 4) is 0 Å². The number of hydrogen-bond acceptors (Lipinski definition) is 1. The Kier molecular flexibility index (Phi) is 1.66. The molecule has 0 spiro atoms. The van der Waals surface area contributed by atoms with E-state index in [9.17, 15) is 17.6 Å². The van der Waals surface area contributed by atoms with Crippen LogP contribution in [0.1, 0.15) is 11.3 Å². The maximum atomic E-state index is 12.1. The minimum atomic E-state index is -4.53. The Morgan fingerprint density at radius 3 is 2.09 bits per heavy atom. The van der Waals surface area contributed by atoms with Gasteiger partial charge in [0.15, 0.2) is 0 Å². The molecular formula is C6H4F4O. The van der Waals surface area contributed by atoms with Gasteiger partial charge in [-0.15, -0.1) is 0 Å². The molecule has 0 aromatic carbocycles. The highest BCUT2D eigenvalue weighted by atomic mass is 19.4. The van der Waals surface area contributed by atoms with Gasteiger partial charge in [-0.1, -0.05) is 0 Å². The Labute approximate surface area is 59.6 Å². The van der Waals surface area contributed by atoms with Gasteiger partial charge < -0.3 is 4.42 Å². The molecular weight excluding hydrogens is 164 g/mol. The summed E-state index contributed by atoms with van der Waals surface area (Å²) in [5, 5.41) is 0. The summed E-state index contributed by atoms with van der Waals surface area (Å²) in [6.45, 7) is 1.06. The summed E-state index contributed by atoms with van der Waals surface area (Å²) in [5.41, 5.74) is -1.06. The quantitative estimate of drug-likeness (QED) is 0.543. The number of halogens is 4. The second-order valence-corrected chi connectivity index (χ2v) is 2.02. The first kappa shape index (κ1) is 8.10. The van der Waals surface area contributed by atoms with Crippen molar-refractivity contribution in [2.75, 3.05) is 0 Å². The molecule has 11 heavy (non-hydrogen) atoms. The standard InChI is InChI=1S/C6H4F4O/c1-3-4(6(8,9)10)2-5(7)11-3/h2H,1H3. The molecule has 0 aliphatic rings. The maximum Gasteiger partial charge on any atom is 0.419 e. The molecule has 0 bridgehead atoms. The second-order valence-electron chi connectivity index (χ2n) is 2.02. The predicted octanol–water partition coefficient (Wildman–Crippen LogP) is 2.75. The van der Waals surface area contributed by atoms with Gasteiger partial charge in [0, 0.05) is 6.07 Å². The fourth-order valence-corrected chi connectivity index (χ4v) is 0.727. The van der Waals surface area contributed by atoms with E-state index in [1.165, 1.54) is 0 Å². The van der Waals surface area contributed by atoms with Crippen LogP contribution in [0, 0.1) is 12.9 Å². The van der Waals surface area contributed by atoms with Crippen molar-refractivity contribution in [2.45, 2.75) is 13.1 Å². The number of aryl methyl sites for hydroxylation is 1. The molecule has 0 fully saturated rings. The van der Waals surface area contributed by atoms with Crippen molar-refractivity contribution in [1.82, 2.24) is 0 Å². The van der Waals surface area contributed by atoms with Crippen LogP contribution in [0.3, 0.4) is 0 Å². The van der Waals surface area contributed by atoms with Crippen molar-refractivity contribution in [3.05, 3.63) is 23.4 Å². The van der Waals surface area contributed by atoms with Gasteiger partial charge in [-0.25, -0.2) is 0 Å². The Balaban J connectivity index is 3.13. The average Bonchev–Trinajstić information content (AvgIpc) is 2.08. The van der Waals surface area contributed by atoms with E-state index < -0.39 is 23.5 Å². The Hall–Kier alpha value is -1.00. The zero-order valence-corrected chi connectivity index (χ0v) is 5.50. The lowest BCUT2D eigenvalue weighted by Gasteiger charge is -2.01. The molecule has 62 valence electrons. The molecule has 0 radical (unpaired) electrons. The summed E-state index contributed by atoms with van der Waals surface area (Å²) in [5.74, 6) is -0.449. The highest BCUT2D eigenvalue weighted by Crippen LogP contribution is 2.33. The topological polar surface area (TPSA) is 13.1 Å². The molecule has 1 heterocycles. The van der Waals surface area contributed by atoms with Gasteiger partial charge in [0.2, 0.25) is 0 Å². The zero-order valence-electron chi connectivity index (χ0n) is 5.50. The molecule has 0 unspecified atom stereocenters. The monoisotopic (exact) mass is 168 g/mol. The molecule has 0 amide bonds. The van der Waals surface area contributed by atoms with Crippen molar-refractivity contribution in [2.24, 2.45) is 0 Å². The van der Waals surface area contributed by atoms with Gasteiger partial charge in [0.1, 0.15) is 5.76 Å². The third-order valence-corrected chi connectivity index (χ3v) is 1.19. The molecule has 1 nitrogen and oxygen atoms in total. The van der Waals surface area contributed by atoms with Crippen molar-refractivity contribution >= 4 is 0 Å². The van der Waals surface area contributed by atoms with E-state index in [2.05, 4.69) is 4.42 Å². The van der Waals surface area contributed by atoms with Crippen molar-refractivity contribution < 1.29 is 22.0 Å². The van der Waals surface area contributed by atoms with Crippen molar-refractivity contribution in [1.29, 1.82) is 0 Å². The first-order valence-corrected chi connectivity index (χ1v) is 2.74. The molecule has 1 aromatic heterocycles. The van der Waals surface area contributed by atoms with E-state index in [1.807, 2.05) is 0 Å². The van der Waals surface area contributed by atoms with E-state index in [0.29, 0.717) is 6.07 Å². The van der Waals surface area contributed by atoms with E-state index in [0.717, 1.165) is 6.92 Å². The summed E-state index contributed by atoms with van der Waals surface area (Å²) in [4.78, 5) is 0. The van der Waals surface area contributed by atoms with Crippen LogP contribution in [-0.2, 0) is 6.18 Å². The fraction of sp³-hybridized carbons (Fsp3) is 0.333. The Bertz CT molecular complexity index is 260. The van der Waals surface area contributed by atoms with Crippen LogP contribution in [0.15, 0.2) is 10.5 Å². The minimum absolute atomic E-state index is 0.329. The lowest BCUT2D eigenvalue weighted by molar-refractivity contribution is -0.138. The maximum absolute atomic E-state index is 12.1. The average molecular weight is 168 g/mol. The Morgan fingerprint density at radius 1 is 1.36 bits per heavy atom. The zero-order chi connectivity index (χ0) is 8.65. The van der Waals surface area contributed by atoms with Crippen LogP contribution >= 0.6 is 0 Å². The largest absolute Gasteiger partial charge is 0.436 e. The molecule has 0 aliphatic heterocycles. The summed E-state index contributed by atoms with van der Waals surface area (Å²) < 4.78 is 51.6. The SMILES string of the molecule is Cc1oc(F)cc1C(F)(F)F. The van der Waals surface area contributed by atoms with Gasteiger partial charge in [0.05, 0.1) is 5.56 Å². The molecule has 1 rings (SSSR count). The second kappa shape index (κ2) is 2.25. The highest BCUT2D eigenvalue weighted by Gasteiger charge is 2.35. The predicted molar refractivity (Wildman–Crippen MR) is 28.4 cm³/mol. The lowest BCUT2D eigenvalue weighted by Crippen LogP contribution is -2.04. The van der Waals surface area contributed by atoms with Crippen molar-refractivity contribution in [3.63, 3.8) is 0 Å². The summed E-state index contributed by atoms with van der Waals surface area (Å²) in [7, 11) is 0. The molecule has 0 saturated carbocycles. The van der Waals surface area contributed by atoms with Gasteiger partial charge >= 0.3 is 6.18 Å². The molecule has 0 aliphatic carbocycles. The number of rotatable bonds is 0. The molecule has 5 heteroatoms. The van der Waals surface area contributed by atoms with Crippen LogP contribution < -0.4 is 0 Å². The van der Waals surface area contributed by atoms with E-state index in [4.69, 9.17) is 0 Å². The minimum Gasteiger partial charge on any atom is -0.436 e. The van der Waals surface area contributed by atoms with Gasteiger partial charge in [-0.2, -0.15) is 17.6 Å². The Morgan fingerprint density at radius 2 is 1.91 bits per heavy atom. The summed E-state index contributed by atoms with van der Waals surface area (Å²) >= 11 is 0. The van der Waals surface area contributed by atoms with E-state index in [-0.39, 0.29) is 0 Å². The molecule has 0 atom stereocenters. The fourth-order valence-electron chi connectivity index (χ4n) is 0.727. The van der Waals surface area contributed by atoms with Gasteiger partial charge in [-0.05, 0) is 6.92 Å². The molecule has 1 aromatic rings. The first-order valence-electron chi connectivity index (χ1n) is 2.74. The van der Waals surface area contributed by atoms with Crippen LogP contribution in [-0.4, -0.2) is 0 Å². The number of alkyl halides is 3. The number of furan rings is 1. The lowest BCUT2D eigenvalue weighted by atomic mass is 10.2. The van der Waals surface area contributed by atoms with Crippen LogP contribution in [0.5, 0.6) is 0 Å². The van der Waals surface area contributed by atoms with Crippen LogP contribution in [0.25, 0.3) is 0 Å². The summed E-state index contributed by atoms with van der Waals surface area (Å²) in [6, 6.07) is -0.884. The third kappa shape index (κ3) is 1.53. The van der Waals surface area contributed by atoms with Crippen LogP contribution in [0.2, 0.25) is 0 Å². The van der Waals surface area contributed by atoms with E-state index >= 15 is 0 Å². The number of hydrogen-bond donors (Lipinski definition) is 0. The smallest absolute Gasteiger partial charge is 0.419 e. The van der Waals surface area contributed by atoms with Gasteiger partial charge in [-0.3, -0.25) is 0 Å². The molecule has 0 N–H and O–H groups in total. The molecule has 0 saturated heterocycles.